The van der Waals surface area contributed by atoms with Crippen LogP contribution in [0.25, 0.3) is 10.9 Å². The highest BCUT2D eigenvalue weighted by Gasteiger charge is 2.22. The lowest BCUT2D eigenvalue weighted by Crippen LogP contribution is -2.41. The van der Waals surface area contributed by atoms with E-state index in [2.05, 4.69) is 15.6 Å². The summed E-state index contributed by atoms with van der Waals surface area (Å²) in [4.78, 5) is 26.6. The van der Waals surface area contributed by atoms with Crippen molar-refractivity contribution in [3.8, 4) is 0 Å². The molecule has 1 fully saturated rings. The largest absolute Gasteiger partial charge is 0.343 e. The Balaban J connectivity index is 1.59. The Morgan fingerprint density at radius 2 is 2.04 bits per heavy atom. The molecule has 1 aromatic heterocycles. The van der Waals surface area contributed by atoms with Crippen LogP contribution in [-0.2, 0) is 11.3 Å². The molecule has 24 heavy (non-hydrogen) atoms. The van der Waals surface area contributed by atoms with E-state index in [0.717, 1.165) is 32.5 Å². The second kappa shape index (κ2) is 7.53. The first-order valence-electron chi connectivity index (χ1n) is 8.44. The van der Waals surface area contributed by atoms with Crippen LogP contribution in [0.1, 0.15) is 19.3 Å². The minimum Gasteiger partial charge on any atom is -0.343 e. The van der Waals surface area contributed by atoms with E-state index in [0.29, 0.717) is 16.8 Å². The lowest BCUT2D eigenvalue weighted by Gasteiger charge is -2.32. The van der Waals surface area contributed by atoms with E-state index in [-0.39, 0.29) is 24.4 Å². The van der Waals surface area contributed by atoms with E-state index in [1.54, 1.807) is 18.2 Å². The van der Waals surface area contributed by atoms with Gasteiger partial charge in [-0.3, -0.25) is 9.59 Å². The maximum Gasteiger partial charge on any atom is 0.277 e. The minimum absolute atomic E-state index is 0.0831. The summed E-state index contributed by atoms with van der Waals surface area (Å²) in [6.45, 7) is 2.86. The summed E-state index contributed by atoms with van der Waals surface area (Å²) in [5.41, 5.74) is 0.387. The normalized spacial score (nSPS) is 15.8. The molecule has 3 rings (SSSR count). The molecule has 1 N–H and O–H groups in total. The van der Waals surface area contributed by atoms with Crippen LogP contribution in [0.2, 0.25) is 0 Å². The van der Waals surface area contributed by atoms with Gasteiger partial charge in [0.05, 0.1) is 11.9 Å². The third kappa shape index (κ3) is 3.62. The molecule has 1 saturated heterocycles. The highest BCUT2D eigenvalue weighted by Crippen LogP contribution is 2.17. The van der Waals surface area contributed by atoms with Gasteiger partial charge in [0.15, 0.2) is 0 Å². The summed E-state index contributed by atoms with van der Waals surface area (Å²) >= 11 is 0. The topological polar surface area (TPSA) is 80.1 Å². The summed E-state index contributed by atoms with van der Waals surface area (Å²) in [6, 6.07) is 7.12. The Bertz CT molecular complexity index is 765. The number of hydrogen-bond acceptors (Lipinski definition) is 5. The van der Waals surface area contributed by atoms with Crippen LogP contribution >= 0.6 is 0 Å². The van der Waals surface area contributed by atoms with Crippen LogP contribution in [0.15, 0.2) is 29.1 Å². The lowest BCUT2D eigenvalue weighted by atomic mass is 9.96. The van der Waals surface area contributed by atoms with Gasteiger partial charge in [0.2, 0.25) is 5.91 Å². The predicted octanol–water partition coefficient (Wildman–Crippen LogP) is 0.640. The average Bonchev–Trinajstić information content (AvgIpc) is 2.62. The number of hydrogen-bond donors (Lipinski definition) is 1. The van der Waals surface area contributed by atoms with E-state index < -0.39 is 0 Å². The summed E-state index contributed by atoms with van der Waals surface area (Å²) in [7, 11) is 1.96. The zero-order valence-corrected chi connectivity index (χ0v) is 13.9. The van der Waals surface area contributed by atoms with Crippen molar-refractivity contribution in [2.75, 3.05) is 26.7 Å². The van der Waals surface area contributed by atoms with E-state index in [9.17, 15) is 9.59 Å². The summed E-state index contributed by atoms with van der Waals surface area (Å²) in [5, 5.41) is 11.7. The Hall–Kier alpha value is -2.28. The van der Waals surface area contributed by atoms with E-state index in [1.807, 2.05) is 18.0 Å². The maximum atomic E-state index is 12.4. The van der Waals surface area contributed by atoms with Gasteiger partial charge in [0, 0.05) is 19.5 Å². The van der Waals surface area contributed by atoms with Gasteiger partial charge >= 0.3 is 0 Å². The molecular weight excluding hydrogens is 306 g/mol. The molecule has 0 saturated carbocycles. The molecule has 0 atom stereocenters. The van der Waals surface area contributed by atoms with Crippen molar-refractivity contribution in [2.45, 2.75) is 25.8 Å². The van der Waals surface area contributed by atoms with Crippen LogP contribution in [0, 0.1) is 5.92 Å². The monoisotopic (exact) mass is 329 g/mol. The molecule has 0 aliphatic carbocycles. The van der Waals surface area contributed by atoms with Crippen LogP contribution in [0.5, 0.6) is 0 Å². The molecule has 2 aromatic rings. The third-order valence-corrected chi connectivity index (χ3v) is 4.63. The molecule has 0 radical (unpaired) electrons. The molecule has 1 aliphatic heterocycles. The molecule has 1 aromatic carbocycles. The number of rotatable bonds is 5. The van der Waals surface area contributed by atoms with Gasteiger partial charge < -0.3 is 10.2 Å². The van der Waals surface area contributed by atoms with Crippen LogP contribution in [0.4, 0.5) is 0 Å². The van der Waals surface area contributed by atoms with Crippen molar-refractivity contribution in [2.24, 2.45) is 5.92 Å². The second-order valence-corrected chi connectivity index (χ2v) is 6.27. The quantitative estimate of drug-likeness (QED) is 0.871. The first-order valence-corrected chi connectivity index (χ1v) is 8.44. The second-order valence-electron chi connectivity index (χ2n) is 6.27. The number of piperidine rings is 1. The molecule has 1 aliphatic rings. The van der Waals surface area contributed by atoms with Crippen molar-refractivity contribution in [1.29, 1.82) is 0 Å². The molecule has 0 spiro atoms. The van der Waals surface area contributed by atoms with Crippen molar-refractivity contribution in [3.63, 3.8) is 0 Å². The Morgan fingerprint density at radius 3 is 2.79 bits per heavy atom. The van der Waals surface area contributed by atoms with Gasteiger partial charge in [-0.2, -0.15) is 0 Å². The third-order valence-electron chi connectivity index (χ3n) is 4.63. The zero-order valence-electron chi connectivity index (χ0n) is 13.9. The molecular formula is C17H23N5O2. The number of fused-ring (bicyclic) bond motifs is 1. The van der Waals surface area contributed by atoms with Crippen molar-refractivity contribution in [3.05, 3.63) is 34.6 Å². The van der Waals surface area contributed by atoms with Gasteiger partial charge in [0.25, 0.3) is 5.56 Å². The number of nitrogens with zero attached hydrogens (tertiary/aromatic N) is 4. The van der Waals surface area contributed by atoms with Crippen molar-refractivity contribution < 1.29 is 4.79 Å². The van der Waals surface area contributed by atoms with Gasteiger partial charge in [-0.15, -0.1) is 5.10 Å². The number of nitrogens with one attached hydrogen (secondary N) is 1. The van der Waals surface area contributed by atoms with Crippen LogP contribution < -0.4 is 10.9 Å². The standard InChI is InChI=1S/C17H23N5O2/c1-18-12-13-6-9-21(10-7-13)16(23)8-11-22-17(24)14-4-2-3-5-15(14)19-20-22/h2-5,13,18H,6-12H2,1H3. The van der Waals surface area contributed by atoms with E-state index in [1.165, 1.54) is 4.68 Å². The van der Waals surface area contributed by atoms with Gasteiger partial charge in [-0.05, 0) is 44.5 Å². The van der Waals surface area contributed by atoms with Crippen molar-refractivity contribution >= 4 is 16.8 Å². The fourth-order valence-electron chi connectivity index (χ4n) is 3.20. The highest BCUT2D eigenvalue weighted by atomic mass is 16.2. The number of aromatic nitrogens is 3. The minimum atomic E-state index is -0.193. The summed E-state index contributed by atoms with van der Waals surface area (Å²) in [5.74, 6) is 0.729. The molecule has 7 nitrogen and oxygen atoms in total. The van der Waals surface area contributed by atoms with E-state index in [4.69, 9.17) is 0 Å². The number of aryl methyl sites for hydroxylation is 1. The van der Waals surface area contributed by atoms with Gasteiger partial charge in [-0.25, -0.2) is 4.68 Å². The molecule has 2 heterocycles. The average molecular weight is 329 g/mol. The first-order chi connectivity index (χ1) is 11.7. The number of amides is 1. The maximum absolute atomic E-state index is 12.4. The molecule has 7 heteroatoms. The fraction of sp³-hybridized carbons (Fsp3) is 0.529. The zero-order chi connectivity index (χ0) is 16.9. The number of likely N-dealkylation sites (tertiary alicyclic amines) is 1. The van der Waals surface area contributed by atoms with Crippen LogP contribution in [0.3, 0.4) is 0 Å². The number of carbonyl (C=O) groups is 1. The molecule has 128 valence electrons. The Kier molecular flexibility index (Phi) is 5.20. The first kappa shape index (κ1) is 16.6. The van der Waals surface area contributed by atoms with Crippen molar-refractivity contribution in [1.82, 2.24) is 25.2 Å². The SMILES string of the molecule is CNCC1CCN(C(=O)CCn2nnc3ccccc3c2=O)CC1. The van der Waals surface area contributed by atoms with Gasteiger partial charge in [0.1, 0.15) is 5.52 Å². The number of benzene rings is 1. The van der Waals surface area contributed by atoms with Crippen LogP contribution in [-0.4, -0.2) is 52.5 Å². The van der Waals surface area contributed by atoms with E-state index >= 15 is 0 Å². The predicted molar refractivity (Wildman–Crippen MR) is 91.6 cm³/mol. The summed E-state index contributed by atoms with van der Waals surface area (Å²) < 4.78 is 1.29. The molecule has 1 amide bonds. The lowest BCUT2D eigenvalue weighted by molar-refractivity contribution is -0.132. The Labute approximate surface area is 140 Å². The summed E-state index contributed by atoms with van der Waals surface area (Å²) in [6.07, 6.45) is 2.34. The number of carbonyl (C=O) groups excluding carboxylic acids is 1. The highest BCUT2D eigenvalue weighted by molar-refractivity contribution is 5.77. The molecule has 0 bridgehead atoms. The fourth-order valence-corrected chi connectivity index (χ4v) is 3.20. The molecule has 0 unspecified atom stereocenters. The smallest absolute Gasteiger partial charge is 0.277 e. The Morgan fingerprint density at radius 1 is 1.29 bits per heavy atom. The van der Waals surface area contributed by atoms with Gasteiger partial charge in [-0.1, -0.05) is 17.3 Å².